The molecular weight excluding hydrogens is 284 g/mol. The maximum absolute atomic E-state index is 11.2. The molecular formula is C12H19BrN2O2. The highest BCUT2D eigenvalue weighted by molar-refractivity contribution is 9.10. The molecule has 0 saturated heterocycles. The van der Waals surface area contributed by atoms with E-state index in [1.165, 1.54) is 0 Å². The van der Waals surface area contributed by atoms with E-state index in [0.717, 1.165) is 28.8 Å². The van der Waals surface area contributed by atoms with E-state index in [1.54, 1.807) is 13.8 Å². The van der Waals surface area contributed by atoms with Gasteiger partial charge in [0.1, 0.15) is 0 Å². The molecule has 1 aromatic rings. The quantitative estimate of drug-likeness (QED) is 0.910. The third-order valence-corrected chi connectivity index (χ3v) is 3.80. The van der Waals surface area contributed by atoms with E-state index >= 15 is 0 Å². The highest BCUT2D eigenvalue weighted by atomic mass is 79.9. The Morgan fingerprint density at radius 1 is 1.47 bits per heavy atom. The smallest absolute Gasteiger partial charge is 0.309 e. The SMILES string of the molecule is CCc1nn(CC)c(CC(C)(C)C(=O)O)c1Br. The molecule has 0 fully saturated rings. The minimum Gasteiger partial charge on any atom is -0.481 e. The van der Waals surface area contributed by atoms with Crippen molar-refractivity contribution in [1.82, 2.24) is 9.78 Å². The number of carbonyl (C=O) groups is 1. The number of hydrogen-bond donors (Lipinski definition) is 1. The van der Waals surface area contributed by atoms with Crippen molar-refractivity contribution in [1.29, 1.82) is 0 Å². The standard InChI is InChI=1S/C12H19BrN2O2/c1-5-8-10(13)9(15(6-2)14-8)7-12(3,4)11(16)17/h5-7H2,1-4H3,(H,16,17). The molecule has 0 unspecified atom stereocenters. The van der Waals surface area contributed by atoms with Gasteiger partial charge in [-0.25, -0.2) is 0 Å². The molecule has 4 nitrogen and oxygen atoms in total. The van der Waals surface area contributed by atoms with Crippen LogP contribution in [0.15, 0.2) is 4.47 Å². The summed E-state index contributed by atoms with van der Waals surface area (Å²) in [7, 11) is 0. The maximum Gasteiger partial charge on any atom is 0.309 e. The zero-order valence-electron chi connectivity index (χ0n) is 10.7. The van der Waals surface area contributed by atoms with Crippen LogP contribution >= 0.6 is 15.9 Å². The second kappa shape index (κ2) is 5.21. The molecule has 0 aliphatic heterocycles. The number of aryl methyl sites for hydroxylation is 2. The van der Waals surface area contributed by atoms with Crippen LogP contribution < -0.4 is 0 Å². The molecule has 0 amide bonds. The summed E-state index contributed by atoms with van der Waals surface area (Å²) < 4.78 is 2.84. The number of aromatic nitrogens is 2. The lowest BCUT2D eigenvalue weighted by molar-refractivity contribution is -0.146. The van der Waals surface area contributed by atoms with Gasteiger partial charge in [0.25, 0.3) is 0 Å². The lowest BCUT2D eigenvalue weighted by atomic mass is 9.88. The normalized spacial score (nSPS) is 11.8. The van der Waals surface area contributed by atoms with Crippen LogP contribution in [0, 0.1) is 5.41 Å². The molecule has 1 aromatic heterocycles. The van der Waals surface area contributed by atoms with Gasteiger partial charge < -0.3 is 5.11 Å². The Bertz CT molecular complexity index is 424. The average Bonchev–Trinajstić information content (AvgIpc) is 2.55. The van der Waals surface area contributed by atoms with E-state index in [0.29, 0.717) is 6.42 Å². The van der Waals surface area contributed by atoms with Crippen molar-refractivity contribution in [3.8, 4) is 0 Å². The number of nitrogens with zero attached hydrogens (tertiary/aromatic N) is 2. The molecule has 17 heavy (non-hydrogen) atoms. The van der Waals surface area contributed by atoms with Crippen LogP contribution in [0.4, 0.5) is 0 Å². The number of carboxylic acids is 1. The van der Waals surface area contributed by atoms with E-state index in [-0.39, 0.29) is 0 Å². The summed E-state index contributed by atoms with van der Waals surface area (Å²) in [5.41, 5.74) is 1.18. The van der Waals surface area contributed by atoms with Gasteiger partial charge in [-0.1, -0.05) is 6.92 Å². The summed E-state index contributed by atoms with van der Waals surface area (Å²) in [5.74, 6) is -0.786. The van der Waals surface area contributed by atoms with Crippen LogP contribution in [0.5, 0.6) is 0 Å². The Morgan fingerprint density at radius 2 is 2.06 bits per heavy atom. The topological polar surface area (TPSA) is 55.1 Å². The summed E-state index contributed by atoms with van der Waals surface area (Å²) in [5, 5.41) is 13.6. The summed E-state index contributed by atoms with van der Waals surface area (Å²) in [6.07, 6.45) is 1.32. The first-order chi connectivity index (χ1) is 7.83. The maximum atomic E-state index is 11.2. The minimum atomic E-state index is -0.786. The van der Waals surface area contributed by atoms with Crippen LogP contribution in [-0.4, -0.2) is 20.9 Å². The van der Waals surface area contributed by atoms with E-state index in [2.05, 4.69) is 21.0 Å². The van der Waals surface area contributed by atoms with Gasteiger partial charge in [-0.3, -0.25) is 9.48 Å². The average molecular weight is 303 g/mol. The van der Waals surface area contributed by atoms with Crippen molar-refractivity contribution in [2.45, 2.75) is 47.1 Å². The lowest BCUT2D eigenvalue weighted by Gasteiger charge is -2.19. The van der Waals surface area contributed by atoms with Crippen LogP contribution in [0.1, 0.15) is 39.1 Å². The molecule has 0 radical (unpaired) electrons. The van der Waals surface area contributed by atoms with Gasteiger partial charge in [0.15, 0.2) is 0 Å². The Hall–Kier alpha value is -0.840. The third kappa shape index (κ3) is 2.89. The van der Waals surface area contributed by atoms with Gasteiger partial charge in [0.2, 0.25) is 0 Å². The Balaban J connectivity index is 3.13. The van der Waals surface area contributed by atoms with Crippen molar-refractivity contribution in [3.63, 3.8) is 0 Å². The zero-order valence-corrected chi connectivity index (χ0v) is 12.3. The monoisotopic (exact) mass is 302 g/mol. The lowest BCUT2D eigenvalue weighted by Crippen LogP contribution is -2.27. The molecule has 1 rings (SSSR count). The fourth-order valence-electron chi connectivity index (χ4n) is 1.68. The van der Waals surface area contributed by atoms with Crippen molar-refractivity contribution < 1.29 is 9.90 Å². The van der Waals surface area contributed by atoms with Crippen molar-refractivity contribution in [2.75, 3.05) is 0 Å². The molecule has 1 heterocycles. The molecule has 0 aliphatic rings. The van der Waals surface area contributed by atoms with E-state index in [4.69, 9.17) is 0 Å². The number of carboxylic acid groups (broad SMARTS) is 1. The molecule has 0 spiro atoms. The van der Waals surface area contributed by atoms with Crippen molar-refractivity contribution in [3.05, 3.63) is 15.9 Å². The molecule has 96 valence electrons. The Labute approximate surface area is 110 Å². The summed E-state index contributed by atoms with van der Waals surface area (Å²) in [4.78, 5) is 11.2. The molecule has 0 saturated carbocycles. The van der Waals surface area contributed by atoms with Gasteiger partial charge >= 0.3 is 5.97 Å². The highest BCUT2D eigenvalue weighted by Gasteiger charge is 2.30. The first-order valence-electron chi connectivity index (χ1n) is 5.81. The van der Waals surface area contributed by atoms with Gasteiger partial charge in [0.05, 0.1) is 21.3 Å². The van der Waals surface area contributed by atoms with Crippen molar-refractivity contribution in [2.24, 2.45) is 5.41 Å². The van der Waals surface area contributed by atoms with Gasteiger partial charge in [-0.15, -0.1) is 0 Å². The zero-order chi connectivity index (χ0) is 13.2. The molecule has 0 bridgehead atoms. The van der Waals surface area contributed by atoms with E-state index in [9.17, 15) is 9.90 Å². The summed E-state index contributed by atoms with van der Waals surface area (Å²) >= 11 is 3.53. The fraction of sp³-hybridized carbons (Fsp3) is 0.667. The third-order valence-electron chi connectivity index (χ3n) is 2.88. The number of aliphatic carboxylic acids is 1. The molecule has 0 aliphatic carbocycles. The Kier molecular flexibility index (Phi) is 4.36. The highest BCUT2D eigenvalue weighted by Crippen LogP contribution is 2.29. The second-order valence-electron chi connectivity index (χ2n) is 4.74. The second-order valence-corrected chi connectivity index (χ2v) is 5.54. The predicted molar refractivity (Wildman–Crippen MR) is 70.1 cm³/mol. The molecule has 0 aromatic carbocycles. The Morgan fingerprint density at radius 3 is 2.47 bits per heavy atom. The van der Waals surface area contributed by atoms with Crippen molar-refractivity contribution >= 4 is 21.9 Å². The van der Waals surface area contributed by atoms with E-state index in [1.807, 2.05) is 18.5 Å². The molecule has 1 N–H and O–H groups in total. The van der Waals surface area contributed by atoms with Crippen LogP contribution in [-0.2, 0) is 24.2 Å². The fourth-order valence-corrected chi connectivity index (χ4v) is 2.38. The first-order valence-corrected chi connectivity index (χ1v) is 6.60. The van der Waals surface area contributed by atoms with Gasteiger partial charge in [-0.05, 0) is 43.1 Å². The summed E-state index contributed by atoms with van der Waals surface area (Å²) in [6, 6.07) is 0. The van der Waals surface area contributed by atoms with E-state index < -0.39 is 11.4 Å². The van der Waals surface area contributed by atoms with Crippen LogP contribution in [0.25, 0.3) is 0 Å². The minimum absolute atomic E-state index is 0.476. The largest absolute Gasteiger partial charge is 0.481 e. The summed E-state index contributed by atoms with van der Waals surface area (Å²) in [6.45, 7) is 8.28. The first kappa shape index (κ1) is 14.2. The molecule has 0 atom stereocenters. The van der Waals surface area contributed by atoms with Crippen LogP contribution in [0.3, 0.4) is 0 Å². The molecule has 5 heteroatoms. The van der Waals surface area contributed by atoms with Gasteiger partial charge in [-0.2, -0.15) is 5.10 Å². The predicted octanol–water partition coefficient (Wildman–Crippen LogP) is 2.88. The number of rotatable bonds is 5. The number of hydrogen-bond acceptors (Lipinski definition) is 2. The number of halogens is 1. The van der Waals surface area contributed by atoms with Crippen LogP contribution in [0.2, 0.25) is 0 Å². The van der Waals surface area contributed by atoms with Gasteiger partial charge in [0, 0.05) is 13.0 Å².